The number of pyridine rings is 1. The Balaban J connectivity index is 2.07. The predicted molar refractivity (Wildman–Crippen MR) is 80.2 cm³/mol. The molecule has 1 heterocycles. The summed E-state index contributed by atoms with van der Waals surface area (Å²) in [6, 6.07) is 16.4. The summed E-state index contributed by atoms with van der Waals surface area (Å²) in [6.45, 7) is 0. The summed E-state index contributed by atoms with van der Waals surface area (Å²) in [5, 5.41) is 0.741. The zero-order chi connectivity index (χ0) is 14.7. The van der Waals surface area contributed by atoms with Gasteiger partial charge in [0.2, 0.25) is 5.88 Å². The molecule has 0 amide bonds. The van der Waals surface area contributed by atoms with E-state index in [1.165, 1.54) is 0 Å². The molecule has 0 saturated heterocycles. The molecule has 104 valence electrons. The van der Waals surface area contributed by atoms with Crippen LogP contribution in [-0.4, -0.2) is 18.4 Å². The maximum Gasteiger partial charge on any atom is 0.220 e. The van der Waals surface area contributed by atoms with Crippen LogP contribution in [0.3, 0.4) is 0 Å². The molecule has 0 aliphatic rings. The van der Waals surface area contributed by atoms with Gasteiger partial charge < -0.3 is 9.47 Å². The van der Waals surface area contributed by atoms with Gasteiger partial charge in [-0.3, -0.25) is 4.79 Å². The fourth-order valence-corrected chi connectivity index (χ4v) is 2.09. The molecule has 0 bridgehead atoms. The van der Waals surface area contributed by atoms with Crippen LogP contribution < -0.4 is 9.47 Å². The number of para-hydroxylation sites is 1. The Bertz CT molecular complexity index is 785. The molecule has 0 fully saturated rings. The molecule has 4 nitrogen and oxygen atoms in total. The Morgan fingerprint density at radius 3 is 2.52 bits per heavy atom. The Kier molecular flexibility index (Phi) is 3.51. The number of benzene rings is 2. The van der Waals surface area contributed by atoms with E-state index in [1.54, 1.807) is 31.4 Å². The van der Waals surface area contributed by atoms with Gasteiger partial charge in [0.1, 0.15) is 11.5 Å². The van der Waals surface area contributed by atoms with Crippen molar-refractivity contribution in [2.24, 2.45) is 0 Å². The first-order valence-electron chi connectivity index (χ1n) is 6.47. The minimum Gasteiger partial charge on any atom is -0.497 e. The van der Waals surface area contributed by atoms with Gasteiger partial charge >= 0.3 is 0 Å². The van der Waals surface area contributed by atoms with Crippen LogP contribution in [0, 0.1) is 0 Å². The highest BCUT2D eigenvalue weighted by Crippen LogP contribution is 2.27. The van der Waals surface area contributed by atoms with Crippen LogP contribution >= 0.6 is 0 Å². The predicted octanol–water partition coefficient (Wildman–Crippen LogP) is 3.85. The Morgan fingerprint density at radius 1 is 1.00 bits per heavy atom. The van der Waals surface area contributed by atoms with Gasteiger partial charge in [0.15, 0.2) is 6.29 Å². The van der Waals surface area contributed by atoms with Gasteiger partial charge in [-0.1, -0.05) is 18.2 Å². The van der Waals surface area contributed by atoms with E-state index in [1.807, 2.05) is 30.3 Å². The Labute approximate surface area is 122 Å². The molecule has 0 saturated carbocycles. The van der Waals surface area contributed by atoms with Crippen molar-refractivity contribution in [3.8, 4) is 17.4 Å². The summed E-state index contributed by atoms with van der Waals surface area (Å²) in [5.74, 6) is 1.75. The summed E-state index contributed by atoms with van der Waals surface area (Å²) in [5.41, 5.74) is 1.20. The number of nitrogens with zero attached hydrogens (tertiary/aromatic N) is 1. The van der Waals surface area contributed by atoms with E-state index in [0.29, 0.717) is 28.5 Å². The molecule has 0 radical (unpaired) electrons. The van der Waals surface area contributed by atoms with Crippen molar-refractivity contribution in [3.63, 3.8) is 0 Å². The molecule has 4 heteroatoms. The number of hydrogen-bond donors (Lipinski definition) is 0. The van der Waals surface area contributed by atoms with Crippen molar-refractivity contribution in [3.05, 3.63) is 60.2 Å². The van der Waals surface area contributed by atoms with E-state index in [2.05, 4.69) is 4.98 Å². The lowest BCUT2D eigenvalue weighted by Crippen LogP contribution is -1.93. The smallest absolute Gasteiger partial charge is 0.220 e. The summed E-state index contributed by atoms with van der Waals surface area (Å²) in [7, 11) is 1.59. The summed E-state index contributed by atoms with van der Waals surface area (Å²) >= 11 is 0. The van der Waals surface area contributed by atoms with Gasteiger partial charge in [0.25, 0.3) is 0 Å². The van der Waals surface area contributed by atoms with Crippen LogP contribution in [0.15, 0.2) is 54.6 Å². The highest BCUT2D eigenvalue weighted by atomic mass is 16.5. The van der Waals surface area contributed by atoms with Gasteiger partial charge in [0, 0.05) is 17.0 Å². The second-order valence-corrected chi connectivity index (χ2v) is 4.47. The zero-order valence-corrected chi connectivity index (χ0v) is 11.4. The number of rotatable bonds is 4. The Morgan fingerprint density at radius 2 is 1.81 bits per heavy atom. The van der Waals surface area contributed by atoms with Gasteiger partial charge in [0.05, 0.1) is 12.6 Å². The lowest BCUT2D eigenvalue weighted by atomic mass is 10.1. The molecule has 3 rings (SSSR count). The second-order valence-electron chi connectivity index (χ2n) is 4.47. The first-order chi connectivity index (χ1) is 10.3. The largest absolute Gasteiger partial charge is 0.497 e. The lowest BCUT2D eigenvalue weighted by molar-refractivity contribution is 0.112. The second kappa shape index (κ2) is 5.63. The lowest BCUT2D eigenvalue weighted by Gasteiger charge is -2.08. The monoisotopic (exact) mass is 279 g/mol. The maximum atomic E-state index is 11.3. The minimum absolute atomic E-state index is 0.390. The molecular weight excluding hydrogens is 266 g/mol. The molecular formula is C17H13NO3. The van der Waals surface area contributed by atoms with Gasteiger partial charge in [-0.2, -0.15) is 0 Å². The molecule has 3 aromatic rings. The third-order valence-electron chi connectivity index (χ3n) is 3.12. The Hall–Kier alpha value is -2.88. The van der Waals surface area contributed by atoms with Gasteiger partial charge in [-0.05, 0) is 30.3 Å². The van der Waals surface area contributed by atoms with E-state index in [-0.39, 0.29) is 0 Å². The van der Waals surface area contributed by atoms with Crippen LogP contribution in [-0.2, 0) is 0 Å². The van der Waals surface area contributed by atoms with E-state index in [0.717, 1.165) is 11.7 Å². The van der Waals surface area contributed by atoms with E-state index < -0.39 is 0 Å². The standard InChI is InChI=1S/C17H13NO3/c1-20-14-7-8-16-15(10-14)12(11-19)9-17(18-16)21-13-5-3-2-4-6-13/h2-11H,1H3. The van der Waals surface area contributed by atoms with E-state index in [4.69, 9.17) is 9.47 Å². The number of hydrogen-bond acceptors (Lipinski definition) is 4. The van der Waals surface area contributed by atoms with Crippen molar-refractivity contribution < 1.29 is 14.3 Å². The van der Waals surface area contributed by atoms with Gasteiger partial charge in [-0.25, -0.2) is 4.98 Å². The number of carbonyl (C=O) groups is 1. The summed E-state index contributed by atoms with van der Waals surface area (Å²) in [6.07, 6.45) is 0.793. The molecule has 1 aromatic heterocycles. The molecule has 0 spiro atoms. The molecule has 2 aromatic carbocycles. The fraction of sp³-hybridized carbons (Fsp3) is 0.0588. The van der Waals surface area contributed by atoms with E-state index >= 15 is 0 Å². The van der Waals surface area contributed by atoms with Crippen molar-refractivity contribution in [2.75, 3.05) is 7.11 Å². The van der Waals surface area contributed by atoms with Crippen molar-refractivity contribution in [1.82, 2.24) is 4.98 Å². The van der Waals surface area contributed by atoms with Crippen LogP contribution in [0.25, 0.3) is 10.9 Å². The number of methoxy groups -OCH3 is 1. The first kappa shape index (κ1) is 13.1. The number of carbonyl (C=O) groups excluding carboxylic acids is 1. The highest BCUT2D eigenvalue weighted by molar-refractivity contribution is 5.97. The summed E-state index contributed by atoms with van der Waals surface area (Å²) in [4.78, 5) is 15.7. The third kappa shape index (κ3) is 2.69. The maximum absolute atomic E-state index is 11.3. The van der Waals surface area contributed by atoms with Crippen molar-refractivity contribution in [1.29, 1.82) is 0 Å². The quantitative estimate of drug-likeness (QED) is 0.681. The van der Waals surface area contributed by atoms with Crippen molar-refractivity contribution in [2.45, 2.75) is 0 Å². The normalized spacial score (nSPS) is 10.3. The van der Waals surface area contributed by atoms with Crippen LogP contribution in [0.2, 0.25) is 0 Å². The highest BCUT2D eigenvalue weighted by Gasteiger charge is 2.08. The minimum atomic E-state index is 0.390. The molecule has 0 unspecified atom stereocenters. The van der Waals surface area contributed by atoms with Gasteiger partial charge in [-0.15, -0.1) is 0 Å². The van der Waals surface area contributed by atoms with Crippen molar-refractivity contribution >= 4 is 17.2 Å². The summed E-state index contributed by atoms with van der Waals surface area (Å²) < 4.78 is 10.9. The van der Waals surface area contributed by atoms with Crippen LogP contribution in [0.1, 0.15) is 10.4 Å². The van der Waals surface area contributed by atoms with E-state index in [9.17, 15) is 4.79 Å². The average molecular weight is 279 g/mol. The number of fused-ring (bicyclic) bond motifs is 1. The third-order valence-corrected chi connectivity index (χ3v) is 3.12. The van der Waals surface area contributed by atoms with Crippen LogP contribution in [0.4, 0.5) is 0 Å². The number of aldehydes is 1. The molecule has 0 N–H and O–H groups in total. The zero-order valence-electron chi connectivity index (χ0n) is 11.4. The molecule has 21 heavy (non-hydrogen) atoms. The van der Waals surface area contributed by atoms with Crippen LogP contribution in [0.5, 0.6) is 17.4 Å². The molecule has 0 atom stereocenters. The SMILES string of the molecule is COc1ccc2nc(Oc3ccccc3)cc(C=O)c2c1. The number of aromatic nitrogens is 1. The molecule has 0 aliphatic carbocycles. The first-order valence-corrected chi connectivity index (χ1v) is 6.47. The average Bonchev–Trinajstić information content (AvgIpc) is 2.54. The number of ether oxygens (including phenoxy) is 2. The molecule has 0 aliphatic heterocycles. The fourth-order valence-electron chi connectivity index (χ4n) is 2.09. The topological polar surface area (TPSA) is 48.4 Å².